The van der Waals surface area contributed by atoms with Crippen LogP contribution in [0, 0.1) is 11.8 Å². The maximum absolute atomic E-state index is 11.8. The molecule has 0 amide bonds. The monoisotopic (exact) mass is 269 g/mol. The summed E-state index contributed by atoms with van der Waals surface area (Å²) in [4.78, 5) is 11.8. The Kier molecular flexibility index (Phi) is 9.10. The van der Waals surface area contributed by atoms with Gasteiger partial charge in [0, 0.05) is 26.1 Å². The molecule has 1 aliphatic heterocycles. The molecule has 0 aromatic heterocycles. The van der Waals surface area contributed by atoms with E-state index in [1.807, 2.05) is 0 Å². The minimum Gasteiger partial charge on any atom is -0.381 e. The lowest BCUT2D eigenvalue weighted by Gasteiger charge is -2.21. The van der Waals surface area contributed by atoms with Crippen LogP contribution in [0.5, 0.6) is 0 Å². The van der Waals surface area contributed by atoms with E-state index >= 15 is 0 Å². The van der Waals surface area contributed by atoms with Crippen LogP contribution in [0.25, 0.3) is 0 Å². The predicted molar refractivity (Wildman–Crippen MR) is 79.1 cm³/mol. The van der Waals surface area contributed by atoms with Crippen molar-refractivity contribution in [3.05, 3.63) is 0 Å². The topological polar surface area (TPSA) is 52.3 Å². The summed E-state index contributed by atoms with van der Waals surface area (Å²) in [5.41, 5.74) is 5.51. The van der Waals surface area contributed by atoms with Gasteiger partial charge in [0.2, 0.25) is 0 Å². The Hall–Kier alpha value is -0.410. The molecule has 0 spiro atoms. The molecule has 112 valence electrons. The van der Waals surface area contributed by atoms with Crippen molar-refractivity contribution >= 4 is 5.78 Å². The van der Waals surface area contributed by atoms with Gasteiger partial charge >= 0.3 is 0 Å². The first-order valence-corrected chi connectivity index (χ1v) is 8.02. The van der Waals surface area contributed by atoms with Gasteiger partial charge in [0.25, 0.3) is 0 Å². The molecule has 1 heterocycles. The Labute approximate surface area is 118 Å². The molecule has 2 N–H and O–H groups in total. The molecule has 3 nitrogen and oxygen atoms in total. The highest BCUT2D eigenvalue weighted by Gasteiger charge is 2.13. The number of ether oxygens (including phenoxy) is 1. The minimum absolute atomic E-state index is 0.441. The Morgan fingerprint density at radius 1 is 1.21 bits per heavy atom. The van der Waals surface area contributed by atoms with Crippen LogP contribution < -0.4 is 5.73 Å². The van der Waals surface area contributed by atoms with Crippen LogP contribution in [0.4, 0.5) is 0 Å². The molecule has 1 saturated heterocycles. The zero-order valence-corrected chi connectivity index (χ0v) is 12.5. The highest BCUT2D eigenvalue weighted by molar-refractivity contribution is 5.78. The Bertz CT molecular complexity index is 237. The third kappa shape index (κ3) is 8.38. The largest absolute Gasteiger partial charge is 0.381 e. The first-order valence-electron chi connectivity index (χ1n) is 8.02. The molecular formula is C16H31NO2. The van der Waals surface area contributed by atoms with E-state index < -0.39 is 0 Å². The van der Waals surface area contributed by atoms with Crippen molar-refractivity contribution in [3.63, 3.8) is 0 Å². The molecule has 0 radical (unpaired) electrons. The van der Waals surface area contributed by atoms with E-state index in [4.69, 9.17) is 10.5 Å². The van der Waals surface area contributed by atoms with E-state index in [0.29, 0.717) is 11.7 Å². The lowest BCUT2D eigenvalue weighted by molar-refractivity contribution is -0.119. The van der Waals surface area contributed by atoms with Gasteiger partial charge in [-0.05, 0) is 50.5 Å². The average Bonchev–Trinajstić information content (AvgIpc) is 2.43. The molecule has 0 aliphatic carbocycles. The fourth-order valence-corrected chi connectivity index (χ4v) is 2.75. The number of hydrogen-bond acceptors (Lipinski definition) is 3. The summed E-state index contributed by atoms with van der Waals surface area (Å²) in [7, 11) is 0. The van der Waals surface area contributed by atoms with Crippen LogP contribution >= 0.6 is 0 Å². The van der Waals surface area contributed by atoms with Gasteiger partial charge in [0.05, 0.1) is 0 Å². The number of rotatable bonds is 10. The van der Waals surface area contributed by atoms with Gasteiger partial charge in [-0.1, -0.05) is 19.8 Å². The number of carbonyl (C=O) groups is 1. The Morgan fingerprint density at radius 3 is 2.63 bits per heavy atom. The molecule has 0 aromatic rings. The quantitative estimate of drug-likeness (QED) is 0.619. The third-order valence-corrected chi connectivity index (χ3v) is 4.23. The standard InChI is InChI=1S/C16H31NO2/c1-14(8-11-17)6-7-16(18)5-3-2-4-15-9-12-19-13-10-15/h14-15H,2-13,17H2,1H3. The van der Waals surface area contributed by atoms with Crippen LogP contribution in [0.15, 0.2) is 0 Å². The molecule has 3 heteroatoms. The zero-order valence-electron chi connectivity index (χ0n) is 12.5. The van der Waals surface area contributed by atoms with Crippen LogP contribution in [0.1, 0.15) is 64.7 Å². The van der Waals surface area contributed by atoms with Gasteiger partial charge in [0.1, 0.15) is 5.78 Å². The molecular weight excluding hydrogens is 238 g/mol. The fourth-order valence-electron chi connectivity index (χ4n) is 2.75. The summed E-state index contributed by atoms with van der Waals surface area (Å²) in [5, 5.41) is 0. The summed E-state index contributed by atoms with van der Waals surface area (Å²) in [5.74, 6) is 1.88. The lowest BCUT2D eigenvalue weighted by Crippen LogP contribution is -2.15. The Balaban J connectivity index is 1.94. The number of carbonyl (C=O) groups excluding carboxylic acids is 1. The summed E-state index contributed by atoms with van der Waals surface area (Å²) in [6, 6.07) is 0. The summed E-state index contributed by atoms with van der Waals surface area (Å²) in [6.45, 7) is 4.79. The maximum atomic E-state index is 11.8. The second-order valence-corrected chi connectivity index (χ2v) is 6.06. The van der Waals surface area contributed by atoms with Crippen molar-refractivity contribution in [2.75, 3.05) is 19.8 Å². The molecule has 1 rings (SSSR count). The van der Waals surface area contributed by atoms with Gasteiger partial charge in [-0.15, -0.1) is 0 Å². The van der Waals surface area contributed by atoms with E-state index in [2.05, 4.69) is 6.92 Å². The first kappa shape index (κ1) is 16.6. The van der Waals surface area contributed by atoms with Crippen LogP contribution in [-0.4, -0.2) is 25.5 Å². The molecule has 1 unspecified atom stereocenters. The van der Waals surface area contributed by atoms with Crippen molar-refractivity contribution < 1.29 is 9.53 Å². The molecule has 0 aromatic carbocycles. The van der Waals surface area contributed by atoms with Crippen molar-refractivity contribution in [2.45, 2.75) is 64.7 Å². The third-order valence-electron chi connectivity index (χ3n) is 4.23. The van der Waals surface area contributed by atoms with E-state index in [1.165, 1.54) is 25.7 Å². The average molecular weight is 269 g/mol. The summed E-state index contributed by atoms with van der Waals surface area (Å²) < 4.78 is 5.36. The number of hydrogen-bond donors (Lipinski definition) is 1. The van der Waals surface area contributed by atoms with Gasteiger partial charge in [-0.3, -0.25) is 4.79 Å². The molecule has 0 saturated carbocycles. The number of unbranched alkanes of at least 4 members (excludes halogenated alkanes) is 1. The summed E-state index contributed by atoms with van der Waals surface area (Å²) >= 11 is 0. The number of Topliss-reactive ketones (excluding diaryl/α,β-unsaturated/α-hetero) is 1. The molecule has 19 heavy (non-hydrogen) atoms. The second kappa shape index (κ2) is 10.4. The van der Waals surface area contributed by atoms with E-state index in [-0.39, 0.29) is 0 Å². The van der Waals surface area contributed by atoms with Gasteiger partial charge in [-0.25, -0.2) is 0 Å². The van der Waals surface area contributed by atoms with Crippen molar-refractivity contribution in [1.29, 1.82) is 0 Å². The zero-order chi connectivity index (χ0) is 13.9. The first-order chi connectivity index (χ1) is 9.22. The Morgan fingerprint density at radius 2 is 1.95 bits per heavy atom. The van der Waals surface area contributed by atoms with Gasteiger partial charge in [0.15, 0.2) is 0 Å². The van der Waals surface area contributed by atoms with E-state index in [9.17, 15) is 4.79 Å². The predicted octanol–water partition coefficient (Wildman–Crippen LogP) is 3.31. The van der Waals surface area contributed by atoms with Gasteiger partial charge < -0.3 is 10.5 Å². The minimum atomic E-state index is 0.441. The van der Waals surface area contributed by atoms with E-state index in [0.717, 1.165) is 57.8 Å². The lowest BCUT2D eigenvalue weighted by atomic mass is 9.93. The van der Waals surface area contributed by atoms with Crippen molar-refractivity contribution in [1.82, 2.24) is 0 Å². The maximum Gasteiger partial charge on any atom is 0.132 e. The highest BCUT2D eigenvalue weighted by Crippen LogP contribution is 2.21. The number of ketones is 1. The summed E-state index contributed by atoms with van der Waals surface area (Å²) in [6.07, 6.45) is 9.55. The normalized spacial score (nSPS) is 18.4. The molecule has 1 aliphatic rings. The fraction of sp³-hybridized carbons (Fsp3) is 0.938. The van der Waals surface area contributed by atoms with Crippen molar-refractivity contribution in [3.8, 4) is 0 Å². The smallest absolute Gasteiger partial charge is 0.132 e. The SMILES string of the molecule is CC(CCN)CCC(=O)CCCCC1CCOCC1. The van der Waals surface area contributed by atoms with Crippen LogP contribution in [0.3, 0.4) is 0 Å². The highest BCUT2D eigenvalue weighted by atomic mass is 16.5. The van der Waals surface area contributed by atoms with Crippen molar-refractivity contribution in [2.24, 2.45) is 17.6 Å². The second-order valence-electron chi connectivity index (χ2n) is 6.06. The van der Waals surface area contributed by atoms with E-state index in [1.54, 1.807) is 0 Å². The van der Waals surface area contributed by atoms with Crippen LogP contribution in [0.2, 0.25) is 0 Å². The number of nitrogens with two attached hydrogens (primary N) is 1. The van der Waals surface area contributed by atoms with Crippen LogP contribution in [-0.2, 0) is 9.53 Å². The molecule has 1 fully saturated rings. The molecule has 0 bridgehead atoms. The molecule has 1 atom stereocenters. The van der Waals surface area contributed by atoms with Gasteiger partial charge in [-0.2, -0.15) is 0 Å².